The van der Waals surface area contributed by atoms with Crippen LogP contribution in [0.5, 0.6) is 0 Å². The van der Waals surface area contributed by atoms with Gasteiger partial charge in [-0.15, -0.1) is 0 Å². The Hall–Kier alpha value is -2.80. The molecule has 2 aromatic rings. The molecule has 2 N–H and O–H groups in total. The van der Waals surface area contributed by atoms with E-state index in [2.05, 4.69) is 22.2 Å². The maximum absolute atomic E-state index is 13.1. The van der Waals surface area contributed by atoms with E-state index in [0.717, 1.165) is 29.7 Å². The smallest absolute Gasteiger partial charge is 0.254 e. The summed E-state index contributed by atoms with van der Waals surface area (Å²) >= 11 is 0. The predicted octanol–water partition coefficient (Wildman–Crippen LogP) is 1.73. The van der Waals surface area contributed by atoms with Crippen LogP contribution in [0.3, 0.4) is 0 Å². The lowest BCUT2D eigenvalue weighted by Crippen LogP contribution is -2.57. The first-order valence-electron chi connectivity index (χ1n) is 9.67. The summed E-state index contributed by atoms with van der Waals surface area (Å²) in [6.45, 7) is 4.64. The second kappa shape index (κ2) is 8.93. The van der Waals surface area contributed by atoms with E-state index in [9.17, 15) is 14.7 Å². The molecule has 0 bridgehead atoms. The molecule has 1 aromatic carbocycles. The zero-order valence-corrected chi connectivity index (χ0v) is 16.3. The van der Waals surface area contributed by atoms with Crippen molar-refractivity contribution >= 4 is 11.8 Å². The first-order chi connectivity index (χ1) is 13.5. The first kappa shape index (κ1) is 19.9. The molecule has 0 unspecified atom stereocenters. The van der Waals surface area contributed by atoms with Gasteiger partial charge in [0, 0.05) is 37.0 Å². The molecule has 148 valence electrons. The fourth-order valence-corrected chi connectivity index (χ4v) is 3.53. The van der Waals surface area contributed by atoms with Gasteiger partial charge in [-0.2, -0.15) is 0 Å². The van der Waals surface area contributed by atoms with Crippen molar-refractivity contribution in [2.45, 2.75) is 39.2 Å². The normalized spacial score (nSPS) is 16.8. The summed E-state index contributed by atoms with van der Waals surface area (Å²) in [5.41, 5.74) is 3.26. The molecule has 2 heterocycles. The molecule has 0 spiro atoms. The van der Waals surface area contributed by atoms with Gasteiger partial charge in [-0.3, -0.25) is 9.59 Å². The molecule has 1 atom stereocenters. The summed E-state index contributed by atoms with van der Waals surface area (Å²) in [7, 11) is 0. The van der Waals surface area contributed by atoms with Crippen molar-refractivity contribution < 1.29 is 14.7 Å². The predicted molar refractivity (Wildman–Crippen MR) is 106 cm³/mol. The number of piperazine rings is 1. The number of nitrogens with one attached hydrogen (secondary N) is 1. The zero-order valence-electron chi connectivity index (χ0n) is 16.3. The summed E-state index contributed by atoms with van der Waals surface area (Å²) in [5, 5.41) is 12.0. The van der Waals surface area contributed by atoms with E-state index in [-0.39, 0.29) is 24.8 Å². The topological polar surface area (TPSA) is 95.4 Å². The number of hydrogen-bond donors (Lipinski definition) is 2. The van der Waals surface area contributed by atoms with Gasteiger partial charge in [0.05, 0.1) is 5.69 Å². The molecule has 0 saturated carbocycles. The number of benzene rings is 1. The number of rotatable bonds is 6. The highest BCUT2D eigenvalue weighted by molar-refractivity contribution is 5.99. The Morgan fingerprint density at radius 1 is 1.39 bits per heavy atom. The van der Waals surface area contributed by atoms with E-state index in [1.54, 1.807) is 11.0 Å². The van der Waals surface area contributed by atoms with Crippen molar-refractivity contribution in [1.82, 2.24) is 20.2 Å². The van der Waals surface area contributed by atoms with Crippen LogP contribution in [0.1, 0.15) is 41.5 Å². The highest BCUT2D eigenvalue weighted by atomic mass is 16.3. The number of hydrogen-bond acceptors (Lipinski definition) is 5. The lowest BCUT2D eigenvalue weighted by Gasteiger charge is -2.35. The first-order valence-corrected chi connectivity index (χ1v) is 9.67. The number of amides is 2. The third kappa shape index (κ3) is 4.20. The minimum absolute atomic E-state index is 0.150. The van der Waals surface area contributed by atoms with E-state index in [4.69, 9.17) is 0 Å². The summed E-state index contributed by atoms with van der Waals surface area (Å²) in [5.74, 6) is 0.252. The average Bonchev–Trinajstić information content (AvgIpc) is 2.71. The molecule has 1 aromatic heterocycles. The van der Waals surface area contributed by atoms with Crippen LogP contribution < -0.4 is 5.32 Å². The SMILES string of the molecule is CCCc1cnc(C)nc1-c1cccc(C(=O)N2CCNC(=O)[C@H]2CCO)c1. The Kier molecular flexibility index (Phi) is 6.36. The lowest BCUT2D eigenvalue weighted by atomic mass is 10.0. The second-order valence-corrected chi connectivity index (χ2v) is 6.94. The molecule has 28 heavy (non-hydrogen) atoms. The second-order valence-electron chi connectivity index (χ2n) is 6.94. The Bertz CT molecular complexity index is 868. The molecule has 7 nitrogen and oxygen atoms in total. The molecular weight excluding hydrogens is 356 g/mol. The highest BCUT2D eigenvalue weighted by Gasteiger charge is 2.33. The fourth-order valence-electron chi connectivity index (χ4n) is 3.53. The molecule has 0 aliphatic carbocycles. The standard InChI is InChI=1S/C21H26N4O3/c1-3-5-17-13-23-14(2)24-19(17)15-6-4-7-16(12-15)21(28)25-10-9-22-20(27)18(25)8-11-26/h4,6-7,12-13,18,26H,3,5,8-11H2,1-2H3,(H,22,27)/t18-/m1/s1. The summed E-state index contributed by atoms with van der Waals surface area (Å²) in [6.07, 6.45) is 3.91. The van der Waals surface area contributed by atoms with Gasteiger partial charge in [0.15, 0.2) is 0 Å². The highest BCUT2D eigenvalue weighted by Crippen LogP contribution is 2.24. The van der Waals surface area contributed by atoms with Gasteiger partial charge in [0.2, 0.25) is 5.91 Å². The minimum Gasteiger partial charge on any atom is -0.396 e. The zero-order chi connectivity index (χ0) is 20.1. The van der Waals surface area contributed by atoms with E-state index >= 15 is 0 Å². The average molecular weight is 382 g/mol. The Balaban J connectivity index is 1.94. The van der Waals surface area contributed by atoms with Gasteiger partial charge >= 0.3 is 0 Å². The molecular formula is C21H26N4O3. The van der Waals surface area contributed by atoms with Crippen molar-refractivity contribution in [2.24, 2.45) is 0 Å². The van der Waals surface area contributed by atoms with Gasteiger partial charge in [0.25, 0.3) is 5.91 Å². The monoisotopic (exact) mass is 382 g/mol. The van der Waals surface area contributed by atoms with Gasteiger partial charge < -0.3 is 15.3 Å². The van der Waals surface area contributed by atoms with Crippen molar-refractivity contribution in [3.8, 4) is 11.3 Å². The number of carbonyl (C=O) groups excluding carboxylic acids is 2. The summed E-state index contributed by atoms with van der Waals surface area (Å²) < 4.78 is 0. The molecule has 0 radical (unpaired) electrons. The Labute approximate surface area is 164 Å². The third-order valence-electron chi connectivity index (χ3n) is 4.88. The van der Waals surface area contributed by atoms with Crippen LogP contribution in [0.2, 0.25) is 0 Å². The number of carbonyl (C=O) groups is 2. The van der Waals surface area contributed by atoms with Crippen molar-refractivity contribution in [3.05, 3.63) is 47.4 Å². The van der Waals surface area contributed by atoms with Crippen LogP contribution in [-0.4, -0.2) is 57.5 Å². The van der Waals surface area contributed by atoms with Crippen LogP contribution in [0, 0.1) is 6.92 Å². The van der Waals surface area contributed by atoms with Crippen LogP contribution in [0.25, 0.3) is 11.3 Å². The van der Waals surface area contributed by atoms with Gasteiger partial charge in [-0.25, -0.2) is 9.97 Å². The number of aliphatic hydroxyl groups is 1. The fraction of sp³-hybridized carbons (Fsp3) is 0.429. The largest absolute Gasteiger partial charge is 0.396 e. The van der Waals surface area contributed by atoms with Gasteiger partial charge in [-0.1, -0.05) is 25.5 Å². The van der Waals surface area contributed by atoms with Crippen molar-refractivity contribution in [1.29, 1.82) is 0 Å². The third-order valence-corrected chi connectivity index (χ3v) is 4.88. The van der Waals surface area contributed by atoms with E-state index in [0.29, 0.717) is 24.5 Å². The van der Waals surface area contributed by atoms with Gasteiger partial charge in [0.1, 0.15) is 11.9 Å². The molecule has 1 fully saturated rings. The number of aryl methyl sites for hydroxylation is 2. The molecule has 1 aliphatic rings. The number of aliphatic hydroxyl groups excluding tert-OH is 1. The van der Waals surface area contributed by atoms with E-state index in [1.807, 2.05) is 31.3 Å². The Morgan fingerprint density at radius 3 is 2.96 bits per heavy atom. The van der Waals surface area contributed by atoms with Crippen molar-refractivity contribution in [3.63, 3.8) is 0 Å². The summed E-state index contributed by atoms with van der Waals surface area (Å²) in [4.78, 5) is 35.7. The van der Waals surface area contributed by atoms with Crippen LogP contribution in [0.15, 0.2) is 30.5 Å². The molecule has 1 aliphatic heterocycles. The van der Waals surface area contributed by atoms with Crippen LogP contribution >= 0.6 is 0 Å². The van der Waals surface area contributed by atoms with E-state index in [1.165, 1.54) is 0 Å². The van der Waals surface area contributed by atoms with Gasteiger partial charge in [-0.05, 0) is 37.5 Å². The van der Waals surface area contributed by atoms with E-state index < -0.39 is 6.04 Å². The Morgan fingerprint density at radius 2 is 2.21 bits per heavy atom. The van der Waals surface area contributed by atoms with Crippen LogP contribution in [-0.2, 0) is 11.2 Å². The molecule has 2 amide bonds. The minimum atomic E-state index is -0.646. The maximum atomic E-state index is 13.1. The van der Waals surface area contributed by atoms with Crippen LogP contribution in [0.4, 0.5) is 0 Å². The maximum Gasteiger partial charge on any atom is 0.254 e. The molecule has 3 rings (SSSR count). The van der Waals surface area contributed by atoms with Crippen molar-refractivity contribution in [2.75, 3.05) is 19.7 Å². The number of nitrogens with zero attached hydrogens (tertiary/aromatic N) is 3. The lowest BCUT2D eigenvalue weighted by molar-refractivity contribution is -0.128. The summed E-state index contributed by atoms with van der Waals surface area (Å²) in [6, 6.07) is 6.70. The molecule has 1 saturated heterocycles. The molecule has 7 heteroatoms. The quantitative estimate of drug-likeness (QED) is 0.793. The number of aromatic nitrogens is 2.